The zero-order chi connectivity index (χ0) is 7.30. The Balaban J connectivity index is 2.19. The summed E-state index contributed by atoms with van der Waals surface area (Å²) in [7, 11) is 2.03. The number of likely N-dealkylation sites (N-methyl/N-ethyl adjacent to an activating group) is 1. The Hall–Kier alpha value is -0.120. The first kappa shape index (κ1) is 6.58. The molecule has 2 fully saturated rings. The molecule has 1 aliphatic carbocycles. The summed E-state index contributed by atoms with van der Waals surface area (Å²) in [6, 6.07) is 0.463. The largest absolute Gasteiger partial charge is 0.391 e. The summed E-state index contributed by atoms with van der Waals surface area (Å²) in [5.74, 6) is 0.546. The molecule has 0 spiro atoms. The molecule has 3 heteroatoms. The maximum absolute atomic E-state index is 9.44. The number of piperidine rings is 1. The van der Waals surface area contributed by atoms with Crippen molar-refractivity contribution in [2.24, 2.45) is 11.7 Å². The molecule has 1 heterocycles. The summed E-state index contributed by atoms with van der Waals surface area (Å²) >= 11 is 0. The lowest BCUT2D eigenvalue weighted by Crippen LogP contribution is -2.43. The number of hydrogen-bond donors (Lipinski definition) is 2. The molecule has 1 saturated carbocycles. The van der Waals surface area contributed by atoms with Crippen LogP contribution in [-0.4, -0.2) is 41.8 Å². The van der Waals surface area contributed by atoms with Gasteiger partial charge in [-0.2, -0.15) is 0 Å². The molecule has 4 atom stereocenters. The standard InChI is InChI=1S/C7H14N2O/c1-9-3-4-2-5(10)7(9)6(4)8/h4-7,10H,2-3,8H2,1H3/t4-,5-,6-,7-/m1/s1. The van der Waals surface area contributed by atoms with Crippen LogP contribution in [0.4, 0.5) is 0 Å². The van der Waals surface area contributed by atoms with Gasteiger partial charge in [0.05, 0.1) is 12.1 Å². The third kappa shape index (κ3) is 0.654. The van der Waals surface area contributed by atoms with E-state index in [4.69, 9.17) is 5.73 Å². The first-order valence-corrected chi connectivity index (χ1v) is 3.84. The minimum atomic E-state index is -0.168. The number of hydrogen-bond acceptors (Lipinski definition) is 3. The SMILES string of the molecule is CN1C[C@H]2C[C@@H](O)[C@@H]1[C@@H]2N. The monoisotopic (exact) mass is 142 g/mol. The lowest BCUT2D eigenvalue weighted by Gasteiger charge is -2.26. The van der Waals surface area contributed by atoms with E-state index in [1.807, 2.05) is 7.05 Å². The van der Waals surface area contributed by atoms with E-state index in [2.05, 4.69) is 4.90 Å². The molecule has 0 radical (unpaired) electrons. The predicted octanol–water partition coefficient (Wildman–Crippen LogP) is -0.991. The van der Waals surface area contributed by atoms with E-state index in [1.165, 1.54) is 0 Å². The number of fused-ring (bicyclic) bond motifs is 2. The fourth-order valence-corrected chi connectivity index (χ4v) is 2.42. The average molecular weight is 142 g/mol. The van der Waals surface area contributed by atoms with Gasteiger partial charge in [-0.15, -0.1) is 0 Å². The fourth-order valence-electron chi connectivity index (χ4n) is 2.42. The Bertz CT molecular complexity index is 139. The lowest BCUT2D eigenvalue weighted by molar-refractivity contribution is 0.0699. The molecule has 1 aliphatic heterocycles. The van der Waals surface area contributed by atoms with Gasteiger partial charge in [-0.05, 0) is 19.4 Å². The number of nitrogens with two attached hydrogens (primary N) is 1. The van der Waals surface area contributed by atoms with Crippen LogP contribution >= 0.6 is 0 Å². The van der Waals surface area contributed by atoms with Crippen LogP contribution in [-0.2, 0) is 0 Å². The number of aliphatic hydroxyl groups is 1. The highest BCUT2D eigenvalue weighted by Crippen LogP contribution is 2.35. The van der Waals surface area contributed by atoms with Gasteiger partial charge < -0.3 is 10.8 Å². The predicted molar refractivity (Wildman–Crippen MR) is 38.5 cm³/mol. The molecule has 0 amide bonds. The molecular weight excluding hydrogens is 128 g/mol. The van der Waals surface area contributed by atoms with Crippen LogP contribution in [0.5, 0.6) is 0 Å². The third-order valence-corrected chi connectivity index (χ3v) is 2.91. The average Bonchev–Trinajstić information content (AvgIpc) is 2.20. The summed E-state index contributed by atoms with van der Waals surface area (Å²) in [5, 5.41) is 9.44. The first-order chi connectivity index (χ1) is 4.70. The van der Waals surface area contributed by atoms with Gasteiger partial charge in [-0.25, -0.2) is 0 Å². The van der Waals surface area contributed by atoms with Gasteiger partial charge in [0, 0.05) is 12.6 Å². The molecule has 2 bridgehead atoms. The van der Waals surface area contributed by atoms with E-state index < -0.39 is 0 Å². The second kappa shape index (κ2) is 1.94. The Kier molecular flexibility index (Phi) is 1.27. The topological polar surface area (TPSA) is 49.5 Å². The van der Waals surface area contributed by atoms with Crippen molar-refractivity contribution in [3.63, 3.8) is 0 Å². The first-order valence-electron chi connectivity index (χ1n) is 3.84. The summed E-state index contributed by atoms with van der Waals surface area (Å²) in [6.07, 6.45) is 0.745. The van der Waals surface area contributed by atoms with E-state index in [0.717, 1.165) is 13.0 Å². The summed E-state index contributed by atoms with van der Waals surface area (Å²) in [4.78, 5) is 2.17. The van der Waals surface area contributed by atoms with Crippen molar-refractivity contribution in [1.82, 2.24) is 4.90 Å². The van der Waals surface area contributed by atoms with Crippen LogP contribution in [0.2, 0.25) is 0 Å². The zero-order valence-electron chi connectivity index (χ0n) is 6.20. The van der Waals surface area contributed by atoms with E-state index in [-0.39, 0.29) is 18.2 Å². The number of aliphatic hydroxyl groups excluding tert-OH is 1. The minimum Gasteiger partial charge on any atom is -0.391 e. The van der Waals surface area contributed by atoms with Gasteiger partial charge in [-0.3, -0.25) is 4.90 Å². The van der Waals surface area contributed by atoms with Crippen molar-refractivity contribution in [3.8, 4) is 0 Å². The number of nitrogens with zero attached hydrogens (tertiary/aromatic N) is 1. The summed E-state index contributed by atoms with van der Waals surface area (Å²) in [5.41, 5.74) is 5.86. The molecule has 0 aromatic heterocycles. The molecule has 10 heavy (non-hydrogen) atoms. The minimum absolute atomic E-state index is 0.168. The summed E-state index contributed by atoms with van der Waals surface area (Å²) in [6.45, 7) is 1.07. The molecule has 58 valence electrons. The van der Waals surface area contributed by atoms with Crippen molar-refractivity contribution < 1.29 is 5.11 Å². The van der Waals surface area contributed by atoms with Gasteiger partial charge in [0.1, 0.15) is 0 Å². The van der Waals surface area contributed by atoms with E-state index in [9.17, 15) is 5.11 Å². The Labute approximate surface area is 60.8 Å². The highest BCUT2D eigenvalue weighted by atomic mass is 16.3. The quantitative estimate of drug-likeness (QED) is 0.456. The molecule has 0 aromatic carbocycles. The van der Waals surface area contributed by atoms with Crippen LogP contribution < -0.4 is 5.73 Å². The van der Waals surface area contributed by atoms with E-state index in [1.54, 1.807) is 0 Å². The maximum atomic E-state index is 9.44. The van der Waals surface area contributed by atoms with Crippen molar-refractivity contribution in [3.05, 3.63) is 0 Å². The molecule has 0 unspecified atom stereocenters. The highest BCUT2D eigenvalue weighted by Gasteiger charge is 2.48. The van der Waals surface area contributed by atoms with Crippen molar-refractivity contribution in [1.29, 1.82) is 0 Å². The second-order valence-corrected chi connectivity index (χ2v) is 3.57. The van der Waals surface area contributed by atoms with Gasteiger partial charge in [0.2, 0.25) is 0 Å². The smallest absolute Gasteiger partial charge is 0.0714 e. The van der Waals surface area contributed by atoms with E-state index in [0.29, 0.717) is 5.92 Å². The van der Waals surface area contributed by atoms with Crippen LogP contribution in [0.25, 0.3) is 0 Å². The maximum Gasteiger partial charge on any atom is 0.0714 e. The van der Waals surface area contributed by atoms with E-state index >= 15 is 0 Å². The molecular formula is C7H14N2O. The second-order valence-electron chi connectivity index (χ2n) is 3.57. The van der Waals surface area contributed by atoms with Crippen LogP contribution in [0.1, 0.15) is 6.42 Å². The van der Waals surface area contributed by atoms with Gasteiger partial charge in [0.15, 0.2) is 0 Å². The van der Waals surface area contributed by atoms with Gasteiger partial charge in [0.25, 0.3) is 0 Å². The van der Waals surface area contributed by atoms with Crippen LogP contribution in [0.15, 0.2) is 0 Å². The van der Waals surface area contributed by atoms with Crippen molar-refractivity contribution in [2.45, 2.75) is 24.6 Å². The van der Waals surface area contributed by atoms with Gasteiger partial charge >= 0.3 is 0 Å². The van der Waals surface area contributed by atoms with Crippen molar-refractivity contribution in [2.75, 3.05) is 13.6 Å². The number of rotatable bonds is 0. The lowest BCUT2D eigenvalue weighted by atomic mass is 10.1. The van der Waals surface area contributed by atoms with Crippen LogP contribution in [0.3, 0.4) is 0 Å². The molecule has 2 aliphatic rings. The van der Waals surface area contributed by atoms with Crippen LogP contribution in [0, 0.1) is 5.92 Å². The Morgan fingerprint density at radius 2 is 2.30 bits per heavy atom. The summed E-state index contributed by atoms with van der Waals surface area (Å²) < 4.78 is 0. The normalized spacial score (nSPS) is 54.3. The third-order valence-electron chi connectivity index (χ3n) is 2.91. The number of likely N-dealkylation sites (tertiary alicyclic amines) is 1. The Morgan fingerprint density at radius 3 is 2.60 bits per heavy atom. The highest BCUT2D eigenvalue weighted by molar-refractivity contribution is 5.05. The molecule has 0 aromatic rings. The molecule has 2 rings (SSSR count). The molecule has 3 N–H and O–H groups in total. The Morgan fingerprint density at radius 1 is 1.60 bits per heavy atom. The zero-order valence-corrected chi connectivity index (χ0v) is 6.20. The van der Waals surface area contributed by atoms with Crippen molar-refractivity contribution >= 4 is 0 Å². The molecule has 1 saturated heterocycles. The fraction of sp³-hybridized carbons (Fsp3) is 1.00. The van der Waals surface area contributed by atoms with Gasteiger partial charge in [-0.1, -0.05) is 0 Å². The molecule has 3 nitrogen and oxygen atoms in total.